The van der Waals surface area contributed by atoms with Crippen molar-refractivity contribution < 1.29 is 22.7 Å². The van der Waals surface area contributed by atoms with Gasteiger partial charge in [0.1, 0.15) is 6.04 Å². The van der Waals surface area contributed by atoms with Crippen molar-refractivity contribution in [1.29, 1.82) is 0 Å². The normalized spacial score (nSPS) is 16.6. The zero-order valence-corrected chi connectivity index (χ0v) is 22.2. The third-order valence-electron chi connectivity index (χ3n) is 6.70. The van der Waals surface area contributed by atoms with E-state index in [0.717, 1.165) is 36.7 Å². The van der Waals surface area contributed by atoms with Crippen molar-refractivity contribution >= 4 is 44.4 Å². The fraction of sp³-hybridized carbons (Fsp3) is 0.423. The summed E-state index contributed by atoms with van der Waals surface area (Å²) in [5.41, 5.74) is 1.90. The first-order valence-corrected chi connectivity index (χ1v) is 13.7. The van der Waals surface area contributed by atoms with Crippen molar-refractivity contribution in [2.75, 3.05) is 44.1 Å². The molecule has 0 saturated carbocycles. The molecule has 3 aromatic rings. The second-order valence-electron chi connectivity index (χ2n) is 9.28. The maximum absolute atomic E-state index is 13.5. The minimum absolute atomic E-state index is 0.0726. The summed E-state index contributed by atoms with van der Waals surface area (Å²) in [4.78, 5) is 31.5. The number of nitrogens with zero attached hydrogens (tertiary/aromatic N) is 4. The highest BCUT2D eigenvalue weighted by Gasteiger charge is 2.39. The molecule has 10 nitrogen and oxygen atoms in total. The van der Waals surface area contributed by atoms with Gasteiger partial charge in [-0.05, 0) is 31.4 Å². The Morgan fingerprint density at radius 3 is 2.78 bits per heavy atom. The van der Waals surface area contributed by atoms with Gasteiger partial charge >= 0.3 is 0 Å². The number of imidazole rings is 1. The number of nitrogens with one attached hydrogen (secondary N) is 1. The number of aryl methyl sites for hydroxylation is 1. The summed E-state index contributed by atoms with van der Waals surface area (Å²) >= 11 is 0. The quantitative estimate of drug-likeness (QED) is 0.318. The van der Waals surface area contributed by atoms with Gasteiger partial charge in [-0.3, -0.25) is 9.59 Å². The Bertz CT molecular complexity index is 1390. The number of hydrogen-bond acceptors (Lipinski definition) is 7. The van der Waals surface area contributed by atoms with Crippen molar-refractivity contribution in [1.82, 2.24) is 13.9 Å². The number of sulfonamides is 1. The van der Waals surface area contributed by atoms with E-state index >= 15 is 0 Å². The molecular formula is C26H33N5O5S. The molecule has 2 heterocycles. The van der Waals surface area contributed by atoms with Gasteiger partial charge in [0, 0.05) is 74.8 Å². The van der Waals surface area contributed by atoms with Gasteiger partial charge in [0.2, 0.25) is 5.91 Å². The molecule has 1 atom stereocenters. The van der Waals surface area contributed by atoms with Gasteiger partial charge in [-0.25, -0.2) is 13.4 Å². The highest BCUT2D eigenvalue weighted by molar-refractivity contribution is 7.89. The molecule has 4 rings (SSSR count). The van der Waals surface area contributed by atoms with E-state index in [1.165, 1.54) is 16.8 Å². The Morgan fingerprint density at radius 1 is 1.27 bits per heavy atom. The smallest absolute Gasteiger partial charge is 0.262 e. The molecule has 1 unspecified atom stereocenters. The number of methoxy groups -OCH3 is 1. The van der Waals surface area contributed by atoms with Gasteiger partial charge in [-0.15, -0.1) is 0 Å². The van der Waals surface area contributed by atoms with Gasteiger partial charge in [-0.2, -0.15) is 4.31 Å². The van der Waals surface area contributed by atoms with Crippen LogP contribution in [0.15, 0.2) is 47.9 Å². The lowest BCUT2D eigenvalue weighted by atomic mass is 10.00. The minimum atomic E-state index is -3.93. The Kier molecular flexibility index (Phi) is 8.25. The van der Waals surface area contributed by atoms with Gasteiger partial charge in [0.25, 0.3) is 10.0 Å². The summed E-state index contributed by atoms with van der Waals surface area (Å²) in [7, 11) is 1.38. The fourth-order valence-electron chi connectivity index (χ4n) is 4.82. The van der Waals surface area contributed by atoms with Crippen LogP contribution in [0.3, 0.4) is 0 Å². The number of carbonyl (C=O) groups excluding carboxylic acids is 2. The molecule has 1 amide bonds. The molecule has 1 N–H and O–H groups in total. The molecule has 2 aromatic carbocycles. The molecule has 0 aliphatic carbocycles. The van der Waals surface area contributed by atoms with E-state index in [9.17, 15) is 18.0 Å². The van der Waals surface area contributed by atoms with Gasteiger partial charge in [0.15, 0.2) is 11.3 Å². The predicted octanol–water partition coefficient (Wildman–Crippen LogP) is 3.04. The molecule has 1 fully saturated rings. The van der Waals surface area contributed by atoms with Gasteiger partial charge in [0.05, 0.1) is 6.33 Å². The van der Waals surface area contributed by atoms with E-state index < -0.39 is 22.0 Å². The molecule has 1 aliphatic rings. The van der Waals surface area contributed by atoms with Crippen molar-refractivity contribution in [3.05, 3.63) is 48.4 Å². The van der Waals surface area contributed by atoms with Gasteiger partial charge in [-0.1, -0.05) is 24.6 Å². The summed E-state index contributed by atoms with van der Waals surface area (Å²) in [5.74, 6) is -0.404. The molecule has 1 aliphatic heterocycles. The van der Waals surface area contributed by atoms with E-state index in [1.54, 1.807) is 36.9 Å². The number of aldehydes is 1. The van der Waals surface area contributed by atoms with E-state index in [1.807, 2.05) is 19.2 Å². The van der Waals surface area contributed by atoms with Crippen LogP contribution in [-0.4, -0.2) is 74.4 Å². The second kappa shape index (κ2) is 11.4. The van der Waals surface area contributed by atoms with Crippen LogP contribution in [0.5, 0.6) is 0 Å². The van der Waals surface area contributed by atoms with Crippen LogP contribution in [0.1, 0.15) is 36.0 Å². The predicted molar refractivity (Wildman–Crippen MR) is 142 cm³/mol. The number of ether oxygens (including phenoxy) is 1. The first-order chi connectivity index (χ1) is 17.8. The average Bonchev–Trinajstić information content (AvgIpc) is 3.35. The maximum atomic E-state index is 13.5. The number of amides is 1. The molecule has 0 spiro atoms. The minimum Gasteiger partial charge on any atom is -0.385 e. The highest BCUT2D eigenvalue weighted by Crippen LogP contribution is 2.35. The van der Waals surface area contributed by atoms with Crippen molar-refractivity contribution in [2.24, 2.45) is 7.05 Å². The van der Waals surface area contributed by atoms with Crippen LogP contribution >= 0.6 is 0 Å². The number of fused-ring (bicyclic) bond motifs is 1. The summed E-state index contributed by atoms with van der Waals surface area (Å²) < 4.78 is 34.6. The largest absolute Gasteiger partial charge is 0.385 e. The van der Waals surface area contributed by atoms with Crippen LogP contribution in [-0.2, 0) is 26.6 Å². The SMILES string of the molecule is COCCCN(C)c1ccc(NC(=O)C2CCCCN2S(=O)(=O)c2cn(C)cn2)c2cccc(C=O)c12. The highest BCUT2D eigenvalue weighted by atomic mass is 32.2. The number of benzene rings is 2. The summed E-state index contributed by atoms with van der Waals surface area (Å²) in [6, 6.07) is 8.19. The van der Waals surface area contributed by atoms with E-state index in [-0.39, 0.29) is 11.6 Å². The lowest BCUT2D eigenvalue weighted by Crippen LogP contribution is -2.49. The fourth-order valence-corrected chi connectivity index (χ4v) is 6.45. The van der Waals surface area contributed by atoms with Crippen LogP contribution < -0.4 is 10.2 Å². The number of piperidine rings is 1. The third kappa shape index (κ3) is 5.53. The molecule has 0 bridgehead atoms. The Morgan fingerprint density at radius 2 is 2.08 bits per heavy atom. The molecule has 11 heteroatoms. The summed E-state index contributed by atoms with van der Waals surface area (Å²) in [6.45, 7) is 1.60. The second-order valence-corrected chi connectivity index (χ2v) is 11.1. The number of rotatable bonds is 10. The molecule has 198 valence electrons. The third-order valence-corrected chi connectivity index (χ3v) is 8.49. The van der Waals surface area contributed by atoms with E-state index in [4.69, 9.17) is 4.74 Å². The van der Waals surface area contributed by atoms with Crippen molar-refractivity contribution in [3.63, 3.8) is 0 Å². The maximum Gasteiger partial charge on any atom is 0.262 e. The Balaban J connectivity index is 1.66. The van der Waals surface area contributed by atoms with E-state index in [0.29, 0.717) is 36.1 Å². The topological polar surface area (TPSA) is 114 Å². The van der Waals surface area contributed by atoms with Crippen LogP contribution in [0.25, 0.3) is 10.8 Å². The van der Waals surface area contributed by atoms with Gasteiger partial charge < -0.3 is 19.5 Å². The average molecular weight is 528 g/mol. The number of anilines is 2. The zero-order chi connectivity index (χ0) is 26.6. The molecule has 1 aromatic heterocycles. The Hall–Kier alpha value is -3.28. The number of carbonyl (C=O) groups is 2. The van der Waals surface area contributed by atoms with Crippen LogP contribution in [0.2, 0.25) is 0 Å². The Labute approximate surface area is 217 Å². The lowest BCUT2D eigenvalue weighted by Gasteiger charge is -2.33. The molecule has 1 saturated heterocycles. The summed E-state index contributed by atoms with van der Waals surface area (Å²) in [6.07, 6.45) is 6.32. The lowest BCUT2D eigenvalue weighted by molar-refractivity contribution is -0.120. The van der Waals surface area contributed by atoms with Crippen LogP contribution in [0, 0.1) is 0 Å². The first-order valence-electron chi connectivity index (χ1n) is 12.3. The molecule has 0 radical (unpaired) electrons. The monoisotopic (exact) mass is 527 g/mol. The van der Waals surface area contributed by atoms with E-state index in [2.05, 4.69) is 15.2 Å². The standard InChI is InChI=1S/C26H33N5O5S/c1-29-16-24(27-18-29)37(34,35)31-14-5-4-10-23(31)26(33)28-21-11-12-22(30(2)13-7-15-36-3)25-19(17-32)8-6-9-20(21)25/h6,8-9,11-12,16-18,23H,4-5,7,10,13-15H2,1-3H3,(H,28,33). The summed E-state index contributed by atoms with van der Waals surface area (Å²) in [5, 5.41) is 4.33. The first kappa shape index (κ1) is 26.8. The zero-order valence-electron chi connectivity index (χ0n) is 21.4. The van der Waals surface area contributed by atoms with Crippen LogP contribution in [0.4, 0.5) is 11.4 Å². The van der Waals surface area contributed by atoms with Crippen molar-refractivity contribution in [2.45, 2.75) is 36.8 Å². The van der Waals surface area contributed by atoms with Crippen molar-refractivity contribution in [3.8, 4) is 0 Å². The number of aromatic nitrogens is 2. The number of hydrogen-bond donors (Lipinski definition) is 1. The molecule has 37 heavy (non-hydrogen) atoms. The molecular weight excluding hydrogens is 494 g/mol.